The normalized spacial score (nSPS) is 13.5. The summed E-state index contributed by atoms with van der Waals surface area (Å²) in [6, 6.07) is 7.26. The highest BCUT2D eigenvalue weighted by Gasteiger charge is 2.34. The molecule has 0 saturated heterocycles. The first-order valence-corrected chi connectivity index (χ1v) is 6.80. The number of para-hydroxylation sites is 2. The number of alkyl halides is 3. The lowest BCUT2D eigenvalue weighted by Gasteiger charge is -2.21. The third kappa shape index (κ3) is 3.23. The lowest BCUT2D eigenvalue weighted by molar-refractivity contribution is -0.109. The summed E-state index contributed by atoms with van der Waals surface area (Å²) in [4.78, 5) is 14.7. The maximum absolute atomic E-state index is 10.5. The Balaban J connectivity index is 2.23. The van der Waals surface area contributed by atoms with Crippen LogP contribution in [0.1, 0.15) is 0 Å². The Hall–Kier alpha value is -0.620. The number of hydrogen-bond donors (Lipinski definition) is 1. The highest BCUT2D eigenvalue weighted by atomic mass is 35.6. The Morgan fingerprint density at radius 1 is 1.39 bits per heavy atom. The van der Waals surface area contributed by atoms with Gasteiger partial charge in [-0.05, 0) is 23.9 Å². The van der Waals surface area contributed by atoms with Crippen molar-refractivity contribution in [2.24, 2.45) is 0 Å². The van der Waals surface area contributed by atoms with E-state index in [0.29, 0.717) is 22.7 Å². The van der Waals surface area contributed by atoms with Gasteiger partial charge in [0.25, 0.3) is 5.22 Å². The van der Waals surface area contributed by atoms with E-state index in [4.69, 9.17) is 39.2 Å². The minimum atomic E-state index is -1.66. The second kappa shape index (κ2) is 5.57. The number of oxazole rings is 1. The summed E-state index contributed by atoms with van der Waals surface area (Å²) >= 11 is 18.3. The molecule has 18 heavy (non-hydrogen) atoms. The van der Waals surface area contributed by atoms with Crippen LogP contribution in [0.5, 0.6) is 0 Å². The highest BCUT2D eigenvalue weighted by molar-refractivity contribution is 8.00. The molecule has 1 N–H and O–H groups in total. The van der Waals surface area contributed by atoms with Gasteiger partial charge in [-0.1, -0.05) is 46.9 Å². The third-order valence-corrected chi connectivity index (χ3v) is 4.15. The van der Waals surface area contributed by atoms with Crippen LogP contribution in [0.15, 0.2) is 33.9 Å². The Bertz CT molecular complexity index is 522. The van der Waals surface area contributed by atoms with Gasteiger partial charge in [-0.3, -0.25) is 4.79 Å². The molecule has 1 heterocycles. The standard InChI is InChI=1S/C10H7Cl3N2O2S/c11-10(12,13)8(14-5-16)18-9-15-6-3-1-2-4-7(6)17-9/h1-5,8H,(H,14,16)/t8-/m0/s1. The van der Waals surface area contributed by atoms with E-state index in [1.807, 2.05) is 12.1 Å². The van der Waals surface area contributed by atoms with Crippen LogP contribution in [0.4, 0.5) is 0 Å². The first kappa shape index (κ1) is 13.8. The van der Waals surface area contributed by atoms with E-state index in [0.717, 1.165) is 11.8 Å². The summed E-state index contributed by atoms with van der Waals surface area (Å²) in [5, 5.41) is 1.94. The first-order valence-electron chi connectivity index (χ1n) is 4.79. The lowest BCUT2D eigenvalue weighted by Crippen LogP contribution is -2.36. The second-order valence-corrected chi connectivity index (χ2v) is 6.70. The van der Waals surface area contributed by atoms with E-state index in [2.05, 4.69) is 10.3 Å². The number of benzene rings is 1. The van der Waals surface area contributed by atoms with Gasteiger partial charge >= 0.3 is 0 Å². The van der Waals surface area contributed by atoms with Crippen molar-refractivity contribution in [2.45, 2.75) is 14.4 Å². The average molecular weight is 326 g/mol. The third-order valence-electron chi connectivity index (χ3n) is 2.01. The predicted octanol–water partition coefficient (Wildman–Crippen LogP) is 3.36. The molecular formula is C10H7Cl3N2O2S. The van der Waals surface area contributed by atoms with E-state index in [9.17, 15) is 4.79 Å². The summed E-state index contributed by atoms with van der Waals surface area (Å²) in [6.45, 7) is 0. The molecule has 0 bridgehead atoms. The fraction of sp³-hybridized carbons (Fsp3) is 0.200. The van der Waals surface area contributed by atoms with E-state index in [1.54, 1.807) is 12.1 Å². The molecule has 0 aliphatic heterocycles. The molecule has 4 nitrogen and oxygen atoms in total. The van der Waals surface area contributed by atoms with Gasteiger partial charge in [-0.2, -0.15) is 0 Å². The number of carbonyl (C=O) groups is 1. The average Bonchev–Trinajstić information content (AvgIpc) is 2.69. The maximum atomic E-state index is 10.5. The van der Waals surface area contributed by atoms with Crippen molar-refractivity contribution in [1.29, 1.82) is 0 Å². The van der Waals surface area contributed by atoms with Gasteiger partial charge in [0.15, 0.2) is 5.58 Å². The molecule has 1 amide bonds. The summed E-state index contributed by atoms with van der Waals surface area (Å²) in [6.07, 6.45) is 0.461. The van der Waals surface area contributed by atoms with Gasteiger partial charge in [0, 0.05) is 0 Å². The Morgan fingerprint density at radius 3 is 2.72 bits per heavy atom. The Morgan fingerprint density at radius 2 is 2.11 bits per heavy atom. The SMILES string of the molecule is O=CN[C@@H](Sc1nc2ccccc2o1)C(Cl)(Cl)Cl. The van der Waals surface area contributed by atoms with Crippen molar-refractivity contribution in [3.63, 3.8) is 0 Å². The van der Waals surface area contributed by atoms with Crippen LogP contribution >= 0.6 is 46.6 Å². The Labute approximate surface area is 122 Å². The number of nitrogens with zero attached hydrogens (tertiary/aromatic N) is 1. The number of aromatic nitrogens is 1. The van der Waals surface area contributed by atoms with Crippen molar-refractivity contribution in [2.75, 3.05) is 0 Å². The van der Waals surface area contributed by atoms with Crippen LogP contribution in [0, 0.1) is 0 Å². The minimum absolute atomic E-state index is 0.321. The molecule has 0 aliphatic rings. The predicted molar refractivity (Wildman–Crippen MR) is 73.1 cm³/mol. The number of rotatable bonds is 4. The van der Waals surface area contributed by atoms with Gasteiger partial charge < -0.3 is 9.73 Å². The number of halogens is 3. The number of fused-ring (bicyclic) bond motifs is 1. The van der Waals surface area contributed by atoms with Crippen LogP contribution in [-0.2, 0) is 4.79 Å². The van der Waals surface area contributed by atoms with Crippen LogP contribution in [0.25, 0.3) is 11.1 Å². The van der Waals surface area contributed by atoms with Gasteiger partial charge in [0.05, 0.1) is 0 Å². The number of carbonyl (C=O) groups excluding carboxylic acids is 1. The molecule has 2 rings (SSSR count). The molecule has 0 fully saturated rings. The zero-order valence-corrected chi connectivity index (χ0v) is 11.9. The Kier molecular flexibility index (Phi) is 4.27. The largest absolute Gasteiger partial charge is 0.431 e. The number of thioether (sulfide) groups is 1. The van der Waals surface area contributed by atoms with Crippen LogP contribution in [0.2, 0.25) is 0 Å². The quantitative estimate of drug-likeness (QED) is 0.405. The molecule has 1 aromatic heterocycles. The van der Waals surface area contributed by atoms with Crippen molar-refractivity contribution in [1.82, 2.24) is 10.3 Å². The first-order chi connectivity index (χ1) is 8.50. The van der Waals surface area contributed by atoms with Crippen molar-refractivity contribution in [3.05, 3.63) is 24.3 Å². The summed E-state index contributed by atoms with van der Waals surface area (Å²) < 4.78 is 3.80. The number of amides is 1. The van der Waals surface area contributed by atoms with Gasteiger partial charge in [-0.15, -0.1) is 0 Å². The summed E-state index contributed by atoms with van der Waals surface area (Å²) in [5.41, 5.74) is 1.34. The topological polar surface area (TPSA) is 55.1 Å². The zero-order valence-electron chi connectivity index (χ0n) is 8.77. The smallest absolute Gasteiger partial charge is 0.258 e. The van der Waals surface area contributed by atoms with Crippen LogP contribution < -0.4 is 5.32 Å². The monoisotopic (exact) mass is 324 g/mol. The second-order valence-electron chi connectivity index (χ2n) is 3.27. The molecule has 1 atom stereocenters. The zero-order chi connectivity index (χ0) is 13.2. The molecule has 0 spiro atoms. The molecule has 0 radical (unpaired) electrons. The van der Waals surface area contributed by atoms with Gasteiger partial charge in [0.2, 0.25) is 10.2 Å². The van der Waals surface area contributed by atoms with Crippen LogP contribution in [0.3, 0.4) is 0 Å². The van der Waals surface area contributed by atoms with E-state index in [-0.39, 0.29) is 0 Å². The minimum Gasteiger partial charge on any atom is -0.431 e. The molecule has 0 aliphatic carbocycles. The number of hydrogen-bond acceptors (Lipinski definition) is 4. The summed E-state index contributed by atoms with van der Waals surface area (Å²) in [7, 11) is 0. The molecule has 96 valence electrons. The molecule has 1 aromatic carbocycles. The summed E-state index contributed by atoms with van der Waals surface area (Å²) in [5.74, 6) is 0. The maximum Gasteiger partial charge on any atom is 0.258 e. The fourth-order valence-electron chi connectivity index (χ4n) is 1.26. The van der Waals surface area contributed by atoms with E-state index >= 15 is 0 Å². The van der Waals surface area contributed by atoms with E-state index < -0.39 is 9.17 Å². The van der Waals surface area contributed by atoms with E-state index in [1.165, 1.54) is 0 Å². The molecule has 2 aromatic rings. The molecular weight excluding hydrogens is 319 g/mol. The number of nitrogens with one attached hydrogen (secondary N) is 1. The van der Waals surface area contributed by atoms with Crippen molar-refractivity contribution >= 4 is 64.1 Å². The molecule has 0 saturated carbocycles. The van der Waals surface area contributed by atoms with Gasteiger partial charge in [0.1, 0.15) is 10.9 Å². The van der Waals surface area contributed by atoms with Crippen LogP contribution in [-0.4, -0.2) is 20.6 Å². The van der Waals surface area contributed by atoms with Crippen molar-refractivity contribution in [3.8, 4) is 0 Å². The fourth-order valence-corrected chi connectivity index (χ4v) is 2.60. The molecule has 8 heteroatoms. The van der Waals surface area contributed by atoms with Crippen molar-refractivity contribution < 1.29 is 9.21 Å². The highest BCUT2D eigenvalue weighted by Crippen LogP contribution is 2.39. The lowest BCUT2D eigenvalue weighted by atomic mass is 10.3. The van der Waals surface area contributed by atoms with Gasteiger partial charge in [-0.25, -0.2) is 4.98 Å². The molecule has 0 unspecified atom stereocenters.